The number of ether oxygens (including phenoxy) is 1. The molecule has 0 bridgehead atoms. The maximum Gasteiger partial charge on any atom is 0.243 e. The molecule has 0 aliphatic carbocycles. The minimum Gasteiger partial charge on any atom is -0.378 e. The standard InChI is InChI=1S/C22H25N9O/c1-23-21-19-16(17-2-3-18-20(27-17)25-8-7-24-18)6-11-31(19)29-22(28-21)26-14-4-9-30(10-5-14)15-12-32-13-15/h2-3,6-8,11,14-15H,4-5,9-10,12-13H2,1H3,(H2,23,26,28,29). The Labute approximate surface area is 185 Å². The van der Waals surface area contributed by atoms with Gasteiger partial charge >= 0.3 is 0 Å². The molecule has 0 radical (unpaired) electrons. The number of pyridine rings is 1. The summed E-state index contributed by atoms with van der Waals surface area (Å²) in [5.41, 5.74) is 4.04. The van der Waals surface area contributed by atoms with Crippen LogP contribution in [0, 0.1) is 0 Å². The van der Waals surface area contributed by atoms with Crippen molar-refractivity contribution in [2.45, 2.75) is 24.9 Å². The molecule has 2 aliphatic heterocycles. The summed E-state index contributed by atoms with van der Waals surface area (Å²) in [6.45, 7) is 3.91. The van der Waals surface area contributed by atoms with Gasteiger partial charge in [0.1, 0.15) is 11.0 Å². The molecular weight excluding hydrogens is 406 g/mol. The van der Waals surface area contributed by atoms with E-state index in [0.717, 1.165) is 67.3 Å². The van der Waals surface area contributed by atoms with Crippen LogP contribution in [0.25, 0.3) is 27.9 Å². The summed E-state index contributed by atoms with van der Waals surface area (Å²) in [6, 6.07) is 6.88. The predicted molar refractivity (Wildman–Crippen MR) is 122 cm³/mol. The second-order valence-electron chi connectivity index (χ2n) is 8.30. The number of hydrogen-bond donors (Lipinski definition) is 2. The fourth-order valence-corrected chi connectivity index (χ4v) is 4.50. The van der Waals surface area contributed by atoms with Crippen molar-refractivity contribution in [2.24, 2.45) is 0 Å². The molecule has 0 unspecified atom stereocenters. The summed E-state index contributed by atoms with van der Waals surface area (Å²) in [6.07, 6.45) is 7.42. The average molecular weight is 432 g/mol. The number of aromatic nitrogens is 6. The summed E-state index contributed by atoms with van der Waals surface area (Å²) >= 11 is 0. The number of nitrogens with zero attached hydrogens (tertiary/aromatic N) is 7. The third-order valence-electron chi connectivity index (χ3n) is 6.36. The normalized spacial score (nSPS) is 18.2. The Bertz CT molecular complexity index is 1260. The van der Waals surface area contributed by atoms with Gasteiger partial charge in [0.25, 0.3) is 0 Å². The summed E-state index contributed by atoms with van der Waals surface area (Å²) in [4.78, 5) is 20.6. The van der Waals surface area contributed by atoms with Crippen LogP contribution in [0.3, 0.4) is 0 Å². The van der Waals surface area contributed by atoms with Crippen LogP contribution < -0.4 is 10.6 Å². The second kappa shape index (κ2) is 7.95. The third-order valence-corrected chi connectivity index (χ3v) is 6.36. The van der Waals surface area contributed by atoms with E-state index in [2.05, 4.69) is 25.5 Å². The Morgan fingerprint density at radius 1 is 1.03 bits per heavy atom. The van der Waals surface area contributed by atoms with Crippen molar-refractivity contribution >= 4 is 28.4 Å². The van der Waals surface area contributed by atoms with Gasteiger partial charge in [-0.05, 0) is 31.0 Å². The zero-order valence-electron chi connectivity index (χ0n) is 17.9. The Kier molecular flexibility index (Phi) is 4.80. The van der Waals surface area contributed by atoms with E-state index in [1.165, 1.54) is 0 Å². The first kappa shape index (κ1) is 19.3. The molecule has 2 fully saturated rings. The van der Waals surface area contributed by atoms with Crippen molar-refractivity contribution in [3.05, 3.63) is 36.8 Å². The fourth-order valence-electron chi connectivity index (χ4n) is 4.50. The molecule has 6 rings (SSSR count). The van der Waals surface area contributed by atoms with E-state index in [1.807, 2.05) is 36.0 Å². The van der Waals surface area contributed by atoms with E-state index in [9.17, 15) is 0 Å². The minimum absolute atomic E-state index is 0.366. The topological polar surface area (TPSA) is 105 Å². The number of fused-ring (bicyclic) bond motifs is 2. The van der Waals surface area contributed by atoms with Crippen LogP contribution in [0.5, 0.6) is 0 Å². The van der Waals surface area contributed by atoms with Crippen molar-refractivity contribution < 1.29 is 4.74 Å². The summed E-state index contributed by atoms with van der Waals surface area (Å²) in [5, 5.41) is 11.5. The first-order valence-electron chi connectivity index (χ1n) is 11.0. The Hall–Kier alpha value is -3.37. The van der Waals surface area contributed by atoms with E-state index < -0.39 is 0 Å². The quantitative estimate of drug-likeness (QED) is 0.491. The van der Waals surface area contributed by atoms with Crippen molar-refractivity contribution in [3.8, 4) is 11.3 Å². The number of hydrogen-bond acceptors (Lipinski definition) is 9. The maximum absolute atomic E-state index is 5.33. The molecule has 32 heavy (non-hydrogen) atoms. The van der Waals surface area contributed by atoms with Crippen LogP contribution in [-0.4, -0.2) is 79.9 Å². The average Bonchev–Trinajstić information content (AvgIpc) is 3.22. The lowest BCUT2D eigenvalue weighted by molar-refractivity contribution is -0.0705. The molecule has 2 aliphatic rings. The van der Waals surface area contributed by atoms with Crippen molar-refractivity contribution in [1.29, 1.82) is 0 Å². The molecule has 0 amide bonds. The van der Waals surface area contributed by atoms with Gasteiger partial charge in [-0.2, -0.15) is 4.98 Å². The first-order chi connectivity index (χ1) is 15.8. The van der Waals surface area contributed by atoms with E-state index >= 15 is 0 Å². The van der Waals surface area contributed by atoms with Gasteiger partial charge in [-0.1, -0.05) is 0 Å². The Balaban J connectivity index is 1.27. The lowest BCUT2D eigenvalue weighted by Gasteiger charge is -2.41. The Morgan fingerprint density at radius 2 is 1.88 bits per heavy atom. The van der Waals surface area contributed by atoms with Crippen LogP contribution in [0.4, 0.5) is 11.8 Å². The smallest absolute Gasteiger partial charge is 0.243 e. The fraction of sp³-hybridized carbons (Fsp3) is 0.409. The number of nitrogens with one attached hydrogen (secondary N) is 2. The highest BCUT2D eigenvalue weighted by molar-refractivity contribution is 5.89. The highest BCUT2D eigenvalue weighted by Crippen LogP contribution is 2.30. The second-order valence-corrected chi connectivity index (χ2v) is 8.30. The van der Waals surface area contributed by atoms with Gasteiger partial charge < -0.3 is 15.4 Å². The summed E-state index contributed by atoms with van der Waals surface area (Å²) in [5.74, 6) is 1.39. The van der Waals surface area contributed by atoms with Gasteiger partial charge in [0, 0.05) is 50.3 Å². The molecule has 4 aromatic heterocycles. The van der Waals surface area contributed by atoms with Crippen LogP contribution >= 0.6 is 0 Å². The zero-order valence-corrected chi connectivity index (χ0v) is 17.9. The van der Waals surface area contributed by atoms with Crippen molar-refractivity contribution in [3.63, 3.8) is 0 Å². The van der Waals surface area contributed by atoms with E-state index in [1.54, 1.807) is 12.4 Å². The van der Waals surface area contributed by atoms with Crippen LogP contribution in [-0.2, 0) is 4.74 Å². The molecule has 2 saturated heterocycles. The van der Waals surface area contributed by atoms with Gasteiger partial charge in [-0.25, -0.2) is 14.5 Å². The molecule has 10 nitrogen and oxygen atoms in total. The highest BCUT2D eigenvalue weighted by Gasteiger charge is 2.30. The van der Waals surface area contributed by atoms with Crippen LogP contribution in [0.15, 0.2) is 36.8 Å². The minimum atomic E-state index is 0.366. The molecular formula is C22H25N9O. The molecule has 2 N–H and O–H groups in total. The molecule has 0 aromatic carbocycles. The SMILES string of the molecule is CNc1nc(NC2CCN(C3COC3)CC2)nn2ccc(-c3ccc4nccnc4n3)c12. The molecule has 0 atom stereocenters. The third kappa shape index (κ3) is 3.41. The van der Waals surface area contributed by atoms with Crippen LogP contribution in [0.2, 0.25) is 0 Å². The molecule has 0 saturated carbocycles. The number of rotatable bonds is 5. The largest absolute Gasteiger partial charge is 0.378 e. The van der Waals surface area contributed by atoms with Gasteiger partial charge in [0.15, 0.2) is 11.5 Å². The number of piperidine rings is 1. The van der Waals surface area contributed by atoms with E-state index in [0.29, 0.717) is 23.7 Å². The molecule has 4 aromatic rings. The van der Waals surface area contributed by atoms with E-state index in [4.69, 9.17) is 19.8 Å². The van der Waals surface area contributed by atoms with Gasteiger partial charge in [0.2, 0.25) is 5.95 Å². The van der Waals surface area contributed by atoms with Gasteiger partial charge in [0.05, 0.1) is 24.9 Å². The molecule has 6 heterocycles. The lowest BCUT2D eigenvalue weighted by Crippen LogP contribution is -2.53. The number of likely N-dealkylation sites (tertiary alicyclic amines) is 1. The monoisotopic (exact) mass is 431 g/mol. The molecule has 164 valence electrons. The summed E-state index contributed by atoms with van der Waals surface area (Å²) < 4.78 is 7.19. The highest BCUT2D eigenvalue weighted by atomic mass is 16.5. The van der Waals surface area contributed by atoms with Crippen molar-refractivity contribution in [1.82, 2.24) is 34.4 Å². The first-order valence-corrected chi connectivity index (χ1v) is 11.0. The number of anilines is 2. The molecule has 0 spiro atoms. The predicted octanol–water partition coefficient (Wildman–Crippen LogP) is 2.05. The van der Waals surface area contributed by atoms with Gasteiger partial charge in [-0.3, -0.25) is 9.88 Å². The van der Waals surface area contributed by atoms with Gasteiger partial charge in [-0.15, -0.1) is 5.10 Å². The van der Waals surface area contributed by atoms with Crippen molar-refractivity contribution in [2.75, 3.05) is 44.0 Å². The maximum atomic E-state index is 5.33. The summed E-state index contributed by atoms with van der Waals surface area (Å²) in [7, 11) is 1.88. The van der Waals surface area contributed by atoms with Crippen LogP contribution in [0.1, 0.15) is 12.8 Å². The van der Waals surface area contributed by atoms with E-state index in [-0.39, 0.29) is 0 Å². The molecule has 10 heteroatoms. The lowest BCUT2D eigenvalue weighted by atomic mass is 10.0. The zero-order chi connectivity index (χ0) is 21.5. The Morgan fingerprint density at radius 3 is 2.66 bits per heavy atom.